The normalized spacial score (nSPS) is 10.5. The van der Waals surface area contributed by atoms with Crippen LogP contribution in [-0.4, -0.2) is 17.0 Å². The van der Waals surface area contributed by atoms with Crippen molar-refractivity contribution >= 4 is 11.3 Å². The molecule has 5 heteroatoms. The van der Waals surface area contributed by atoms with Crippen molar-refractivity contribution in [2.24, 2.45) is 0 Å². The standard InChI is InChI=1S/C12H15N3OS/c1-9-14-7-12(17-9)8-16-11-4-3-10(5-13-2)15-6-11/h3-4,6-7,13H,5,8H2,1-2H3. The van der Waals surface area contributed by atoms with Gasteiger partial charge < -0.3 is 10.1 Å². The molecule has 2 rings (SSSR count). The smallest absolute Gasteiger partial charge is 0.138 e. The number of nitrogens with zero attached hydrogens (tertiary/aromatic N) is 2. The van der Waals surface area contributed by atoms with Gasteiger partial charge in [-0.15, -0.1) is 11.3 Å². The Balaban J connectivity index is 1.90. The molecule has 4 nitrogen and oxygen atoms in total. The number of aryl methyl sites for hydroxylation is 1. The summed E-state index contributed by atoms with van der Waals surface area (Å²) in [5, 5.41) is 4.12. The molecular formula is C12H15N3OS. The Kier molecular flexibility index (Phi) is 4.06. The molecule has 90 valence electrons. The molecule has 2 aromatic heterocycles. The Morgan fingerprint density at radius 2 is 2.18 bits per heavy atom. The molecular weight excluding hydrogens is 234 g/mol. The Morgan fingerprint density at radius 1 is 1.29 bits per heavy atom. The predicted molar refractivity (Wildman–Crippen MR) is 68.2 cm³/mol. The lowest BCUT2D eigenvalue weighted by atomic mass is 10.3. The van der Waals surface area contributed by atoms with Gasteiger partial charge in [0, 0.05) is 12.7 Å². The fourth-order valence-electron chi connectivity index (χ4n) is 1.41. The number of rotatable bonds is 5. The molecule has 0 aliphatic heterocycles. The van der Waals surface area contributed by atoms with Crippen LogP contribution in [0.4, 0.5) is 0 Å². The van der Waals surface area contributed by atoms with Gasteiger partial charge in [0.05, 0.1) is 21.8 Å². The minimum atomic E-state index is 0.554. The van der Waals surface area contributed by atoms with E-state index >= 15 is 0 Å². The summed E-state index contributed by atoms with van der Waals surface area (Å²) in [4.78, 5) is 9.59. The van der Waals surface area contributed by atoms with E-state index in [1.165, 1.54) is 0 Å². The average Bonchev–Trinajstić information content (AvgIpc) is 2.75. The van der Waals surface area contributed by atoms with E-state index in [1.807, 2.05) is 32.3 Å². The zero-order valence-corrected chi connectivity index (χ0v) is 10.8. The van der Waals surface area contributed by atoms with Crippen LogP contribution in [0.15, 0.2) is 24.5 Å². The largest absolute Gasteiger partial charge is 0.486 e. The van der Waals surface area contributed by atoms with E-state index in [0.717, 1.165) is 27.9 Å². The quantitative estimate of drug-likeness (QED) is 0.882. The maximum atomic E-state index is 5.63. The van der Waals surface area contributed by atoms with Crippen LogP contribution in [0.2, 0.25) is 0 Å². The molecule has 0 aromatic carbocycles. The van der Waals surface area contributed by atoms with E-state index < -0.39 is 0 Å². The van der Waals surface area contributed by atoms with Gasteiger partial charge in [-0.1, -0.05) is 0 Å². The number of pyridine rings is 1. The highest BCUT2D eigenvalue weighted by Crippen LogP contribution is 2.16. The number of thiazole rings is 1. The minimum Gasteiger partial charge on any atom is -0.486 e. The van der Waals surface area contributed by atoms with E-state index in [4.69, 9.17) is 4.74 Å². The molecule has 0 fully saturated rings. The van der Waals surface area contributed by atoms with Gasteiger partial charge >= 0.3 is 0 Å². The highest BCUT2D eigenvalue weighted by molar-refractivity contribution is 7.11. The summed E-state index contributed by atoms with van der Waals surface area (Å²) in [5.41, 5.74) is 1.01. The monoisotopic (exact) mass is 249 g/mol. The van der Waals surface area contributed by atoms with E-state index in [-0.39, 0.29) is 0 Å². The van der Waals surface area contributed by atoms with Crippen LogP contribution >= 0.6 is 11.3 Å². The minimum absolute atomic E-state index is 0.554. The van der Waals surface area contributed by atoms with Crippen LogP contribution in [0.5, 0.6) is 5.75 Å². The molecule has 0 unspecified atom stereocenters. The van der Waals surface area contributed by atoms with Gasteiger partial charge in [0.25, 0.3) is 0 Å². The topological polar surface area (TPSA) is 47.0 Å². The van der Waals surface area contributed by atoms with Gasteiger partial charge in [-0.05, 0) is 26.1 Å². The van der Waals surface area contributed by atoms with Gasteiger partial charge in [0.15, 0.2) is 0 Å². The molecule has 2 aromatic rings. The van der Waals surface area contributed by atoms with Crippen molar-refractivity contribution in [1.82, 2.24) is 15.3 Å². The number of nitrogens with one attached hydrogen (secondary N) is 1. The zero-order valence-electron chi connectivity index (χ0n) is 9.93. The Morgan fingerprint density at radius 3 is 2.76 bits per heavy atom. The van der Waals surface area contributed by atoms with E-state index in [1.54, 1.807) is 17.5 Å². The Labute approximate surface area is 105 Å². The summed E-state index contributed by atoms with van der Waals surface area (Å²) in [6.07, 6.45) is 3.60. The number of ether oxygens (including phenoxy) is 1. The van der Waals surface area contributed by atoms with Gasteiger partial charge in [0.2, 0.25) is 0 Å². The van der Waals surface area contributed by atoms with E-state index in [0.29, 0.717) is 6.61 Å². The highest BCUT2D eigenvalue weighted by Gasteiger charge is 2.00. The van der Waals surface area contributed by atoms with Crippen molar-refractivity contribution in [2.75, 3.05) is 7.05 Å². The zero-order chi connectivity index (χ0) is 12.1. The van der Waals surface area contributed by atoms with Crippen LogP contribution in [-0.2, 0) is 13.2 Å². The predicted octanol–water partition coefficient (Wildman–Crippen LogP) is 2.14. The van der Waals surface area contributed by atoms with Gasteiger partial charge in [-0.3, -0.25) is 4.98 Å². The Bertz CT molecular complexity index is 467. The van der Waals surface area contributed by atoms with Crippen LogP contribution in [0, 0.1) is 6.92 Å². The van der Waals surface area contributed by atoms with Crippen molar-refractivity contribution in [3.05, 3.63) is 40.1 Å². The summed E-state index contributed by atoms with van der Waals surface area (Å²) < 4.78 is 5.63. The number of hydrogen-bond donors (Lipinski definition) is 1. The second-order valence-corrected chi connectivity index (χ2v) is 4.97. The fraction of sp³-hybridized carbons (Fsp3) is 0.333. The second-order valence-electron chi connectivity index (χ2n) is 3.65. The second kappa shape index (κ2) is 5.75. The number of hydrogen-bond acceptors (Lipinski definition) is 5. The lowest BCUT2D eigenvalue weighted by molar-refractivity contribution is 0.308. The maximum absolute atomic E-state index is 5.63. The van der Waals surface area contributed by atoms with E-state index in [2.05, 4.69) is 15.3 Å². The molecule has 2 heterocycles. The number of aromatic nitrogens is 2. The molecule has 1 N–H and O–H groups in total. The third-order valence-corrected chi connectivity index (χ3v) is 3.09. The lowest BCUT2D eigenvalue weighted by Crippen LogP contribution is -2.06. The summed E-state index contributed by atoms with van der Waals surface area (Å²) in [6.45, 7) is 3.31. The first-order valence-corrected chi connectivity index (χ1v) is 6.23. The molecule has 0 saturated carbocycles. The van der Waals surface area contributed by atoms with Crippen LogP contribution in [0.25, 0.3) is 0 Å². The molecule has 0 spiro atoms. The van der Waals surface area contributed by atoms with E-state index in [9.17, 15) is 0 Å². The van der Waals surface area contributed by atoms with Crippen LogP contribution < -0.4 is 10.1 Å². The van der Waals surface area contributed by atoms with Crippen LogP contribution in [0.1, 0.15) is 15.6 Å². The molecule has 0 bridgehead atoms. The van der Waals surface area contributed by atoms with Gasteiger partial charge in [-0.2, -0.15) is 0 Å². The first-order chi connectivity index (χ1) is 8.28. The summed E-state index contributed by atoms with van der Waals surface area (Å²) >= 11 is 1.65. The lowest BCUT2D eigenvalue weighted by Gasteiger charge is -2.04. The summed E-state index contributed by atoms with van der Waals surface area (Å²) in [7, 11) is 1.90. The average molecular weight is 249 g/mol. The third-order valence-electron chi connectivity index (χ3n) is 2.21. The van der Waals surface area contributed by atoms with Crippen molar-refractivity contribution in [3.8, 4) is 5.75 Å². The Hall–Kier alpha value is -1.46. The molecule has 0 saturated heterocycles. The highest BCUT2D eigenvalue weighted by atomic mass is 32.1. The molecule has 0 radical (unpaired) electrons. The summed E-state index contributed by atoms with van der Waals surface area (Å²) in [6, 6.07) is 3.90. The molecule has 0 aliphatic carbocycles. The molecule has 0 aliphatic rings. The SMILES string of the molecule is CNCc1ccc(OCc2cnc(C)s2)cn1. The van der Waals surface area contributed by atoms with Crippen molar-refractivity contribution in [1.29, 1.82) is 0 Å². The van der Waals surface area contributed by atoms with Crippen molar-refractivity contribution < 1.29 is 4.74 Å². The van der Waals surface area contributed by atoms with Gasteiger partial charge in [-0.25, -0.2) is 4.98 Å². The third kappa shape index (κ3) is 3.51. The first kappa shape index (κ1) is 12.0. The summed E-state index contributed by atoms with van der Waals surface area (Å²) in [5.74, 6) is 0.788. The van der Waals surface area contributed by atoms with Crippen molar-refractivity contribution in [3.63, 3.8) is 0 Å². The van der Waals surface area contributed by atoms with Crippen LogP contribution in [0.3, 0.4) is 0 Å². The van der Waals surface area contributed by atoms with Crippen molar-refractivity contribution in [2.45, 2.75) is 20.1 Å². The molecule has 0 atom stereocenters. The maximum Gasteiger partial charge on any atom is 0.138 e. The first-order valence-electron chi connectivity index (χ1n) is 5.41. The van der Waals surface area contributed by atoms with Gasteiger partial charge in [0.1, 0.15) is 12.4 Å². The fourth-order valence-corrected chi connectivity index (χ4v) is 2.12. The molecule has 17 heavy (non-hydrogen) atoms. The molecule has 0 amide bonds.